The van der Waals surface area contributed by atoms with Gasteiger partial charge in [0.15, 0.2) is 0 Å². The molecule has 0 spiro atoms. The summed E-state index contributed by atoms with van der Waals surface area (Å²) in [6.07, 6.45) is 4.10. The molecule has 0 radical (unpaired) electrons. The highest BCUT2D eigenvalue weighted by Crippen LogP contribution is 2.35. The minimum Gasteiger partial charge on any atom is -0.337 e. The molecule has 28 heavy (non-hydrogen) atoms. The second kappa shape index (κ2) is 8.39. The summed E-state index contributed by atoms with van der Waals surface area (Å²) in [6.45, 7) is 1.61. The summed E-state index contributed by atoms with van der Waals surface area (Å²) in [5, 5.41) is 3.57. The van der Waals surface area contributed by atoms with E-state index in [1.165, 1.54) is 24.3 Å². The van der Waals surface area contributed by atoms with Crippen molar-refractivity contribution in [3.63, 3.8) is 0 Å². The number of hydrogen-bond donors (Lipinski definition) is 1. The molecule has 2 aromatic rings. The summed E-state index contributed by atoms with van der Waals surface area (Å²) in [5.74, 6) is -0.0806. The van der Waals surface area contributed by atoms with Crippen LogP contribution in [0, 0.1) is 11.6 Å². The van der Waals surface area contributed by atoms with E-state index < -0.39 is 0 Å². The maximum Gasteiger partial charge on any atom is 0.222 e. The van der Waals surface area contributed by atoms with E-state index in [1.54, 1.807) is 12.1 Å². The maximum atomic E-state index is 13.3. The fraction of sp³-hybridized carbons (Fsp3) is 0.435. The van der Waals surface area contributed by atoms with Crippen molar-refractivity contribution >= 4 is 5.91 Å². The number of carbonyl (C=O) groups excluding carboxylic acids is 1. The summed E-state index contributed by atoms with van der Waals surface area (Å²) in [7, 11) is 0. The molecule has 2 saturated heterocycles. The van der Waals surface area contributed by atoms with E-state index in [-0.39, 0.29) is 29.5 Å². The predicted octanol–water partition coefficient (Wildman–Crippen LogP) is 4.03. The monoisotopic (exact) mass is 384 g/mol. The van der Waals surface area contributed by atoms with Gasteiger partial charge in [-0.2, -0.15) is 0 Å². The molecule has 148 valence electrons. The lowest BCUT2D eigenvalue weighted by Crippen LogP contribution is -2.52. The number of rotatable bonds is 5. The van der Waals surface area contributed by atoms with Crippen LogP contribution in [0.5, 0.6) is 0 Å². The predicted molar refractivity (Wildman–Crippen MR) is 105 cm³/mol. The van der Waals surface area contributed by atoms with E-state index in [1.807, 2.05) is 17.0 Å². The number of amides is 1. The first-order valence-electron chi connectivity index (χ1n) is 10.1. The molecule has 4 rings (SSSR count). The van der Waals surface area contributed by atoms with E-state index in [0.717, 1.165) is 49.9 Å². The number of benzene rings is 2. The number of hydrogen-bond acceptors (Lipinski definition) is 2. The molecule has 0 unspecified atom stereocenters. The van der Waals surface area contributed by atoms with Crippen molar-refractivity contribution in [2.45, 2.75) is 50.1 Å². The van der Waals surface area contributed by atoms with Crippen molar-refractivity contribution in [2.24, 2.45) is 0 Å². The summed E-state index contributed by atoms with van der Waals surface area (Å²) < 4.78 is 26.3. The van der Waals surface area contributed by atoms with Crippen molar-refractivity contribution in [3.05, 3.63) is 71.3 Å². The summed E-state index contributed by atoms with van der Waals surface area (Å²) in [4.78, 5) is 15.0. The van der Waals surface area contributed by atoms with Crippen molar-refractivity contribution < 1.29 is 13.6 Å². The van der Waals surface area contributed by atoms with E-state index in [2.05, 4.69) is 5.32 Å². The summed E-state index contributed by atoms with van der Waals surface area (Å²) in [6, 6.07) is 13.6. The molecule has 5 heteroatoms. The van der Waals surface area contributed by atoms with Crippen LogP contribution in [0.2, 0.25) is 0 Å². The minimum absolute atomic E-state index is 0.137. The van der Waals surface area contributed by atoms with Gasteiger partial charge in [-0.05, 0) is 61.1 Å². The Morgan fingerprint density at radius 1 is 1.04 bits per heavy atom. The number of carbonyl (C=O) groups is 1. The van der Waals surface area contributed by atoms with Gasteiger partial charge in [0.2, 0.25) is 5.91 Å². The fourth-order valence-electron chi connectivity index (χ4n) is 4.69. The van der Waals surface area contributed by atoms with Gasteiger partial charge in [0.1, 0.15) is 11.6 Å². The third-order valence-electron chi connectivity index (χ3n) is 6.09. The molecular formula is C23H26F2N2O. The Labute approximate surface area is 164 Å². The van der Waals surface area contributed by atoms with Crippen LogP contribution in [-0.2, 0) is 11.2 Å². The number of halogens is 2. The number of aryl methyl sites for hydroxylation is 1. The molecule has 0 aliphatic carbocycles. The Morgan fingerprint density at radius 2 is 1.71 bits per heavy atom. The Bertz CT molecular complexity index is 806. The van der Waals surface area contributed by atoms with Crippen LogP contribution in [0.15, 0.2) is 48.5 Å². The SMILES string of the molecule is O=C(CCCc1ccc(F)cc1)N1CCC[C@H]2NC[C@H](c3ccc(F)cc3)[C@H]21. The molecule has 2 fully saturated rings. The molecule has 2 aliphatic rings. The summed E-state index contributed by atoms with van der Waals surface area (Å²) in [5.41, 5.74) is 2.14. The minimum atomic E-state index is -0.236. The topological polar surface area (TPSA) is 32.3 Å². The van der Waals surface area contributed by atoms with Gasteiger partial charge >= 0.3 is 0 Å². The number of likely N-dealkylation sites (tertiary alicyclic amines) is 1. The average molecular weight is 384 g/mol. The van der Waals surface area contributed by atoms with E-state index >= 15 is 0 Å². The number of fused-ring (bicyclic) bond motifs is 1. The van der Waals surface area contributed by atoms with Crippen LogP contribution >= 0.6 is 0 Å². The standard InChI is InChI=1S/C23H26F2N2O/c24-18-10-6-16(7-11-18)3-1-5-22(28)27-14-2-4-21-23(27)20(15-26-21)17-8-12-19(25)13-9-17/h6-13,20-21,23,26H,1-5,14-15H2/t20-,21-,23-/m1/s1. The van der Waals surface area contributed by atoms with Crippen molar-refractivity contribution in [1.82, 2.24) is 10.2 Å². The van der Waals surface area contributed by atoms with Crippen molar-refractivity contribution in [3.8, 4) is 0 Å². The first-order chi connectivity index (χ1) is 13.6. The zero-order valence-electron chi connectivity index (χ0n) is 15.9. The van der Waals surface area contributed by atoms with Gasteiger partial charge in [-0.3, -0.25) is 4.79 Å². The second-order valence-electron chi connectivity index (χ2n) is 7.87. The molecule has 0 aromatic heterocycles. The van der Waals surface area contributed by atoms with Gasteiger partial charge in [-0.1, -0.05) is 24.3 Å². The molecule has 1 amide bonds. The lowest BCUT2D eigenvalue weighted by molar-refractivity contribution is -0.135. The molecule has 1 N–H and O–H groups in total. The Kier molecular flexibility index (Phi) is 5.72. The van der Waals surface area contributed by atoms with Gasteiger partial charge < -0.3 is 10.2 Å². The molecular weight excluding hydrogens is 358 g/mol. The molecule has 3 atom stereocenters. The smallest absolute Gasteiger partial charge is 0.222 e. The van der Waals surface area contributed by atoms with Crippen LogP contribution in [0.4, 0.5) is 8.78 Å². The number of nitrogens with zero attached hydrogens (tertiary/aromatic N) is 1. The number of piperidine rings is 1. The molecule has 2 aliphatic heterocycles. The summed E-state index contributed by atoms with van der Waals surface area (Å²) >= 11 is 0. The highest BCUT2D eigenvalue weighted by atomic mass is 19.1. The van der Waals surface area contributed by atoms with Gasteiger partial charge in [0.25, 0.3) is 0 Å². The van der Waals surface area contributed by atoms with Crippen LogP contribution in [0.3, 0.4) is 0 Å². The van der Waals surface area contributed by atoms with Gasteiger partial charge in [0.05, 0.1) is 6.04 Å². The van der Waals surface area contributed by atoms with Gasteiger partial charge in [-0.15, -0.1) is 0 Å². The molecule has 0 saturated carbocycles. The van der Waals surface area contributed by atoms with E-state index in [9.17, 15) is 13.6 Å². The van der Waals surface area contributed by atoms with Crippen LogP contribution in [-0.4, -0.2) is 36.0 Å². The quantitative estimate of drug-likeness (QED) is 0.844. The average Bonchev–Trinajstić information content (AvgIpc) is 3.14. The van der Waals surface area contributed by atoms with Gasteiger partial charge in [0, 0.05) is 31.5 Å². The van der Waals surface area contributed by atoms with Crippen LogP contribution < -0.4 is 5.32 Å². The first-order valence-corrected chi connectivity index (χ1v) is 10.1. The van der Waals surface area contributed by atoms with Crippen LogP contribution in [0.25, 0.3) is 0 Å². The molecule has 0 bridgehead atoms. The van der Waals surface area contributed by atoms with Crippen molar-refractivity contribution in [2.75, 3.05) is 13.1 Å². The Balaban J connectivity index is 1.41. The van der Waals surface area contributed by atoms with Crippen LogP contribution in [0.1, 0.15) is 42.7 Å². The van der Waals surface area contributed by atoms with E-state index in [0.29, 0.717) is 12.5 Å². The third kappa shape index (κ3) is 4.09. The van der Waals surface area contributed by atoms with Gasteiger partial charge in [-0.25, -0.2) is 8.78 Å². The fourth-order valence-corrected chi connectivity index (χ4v) is 4.69. The Hall–Kier alpha value is -2.27. The lowest BCUT2D eigenvalue weighted by atomic mass is 9.86. The zero-order valence-corrected chi connectivity index (χ0v) is 15.9. The first kappa shape index (κ1) is 19.1. The maximum absolute atomic E-state index is 13.3. The Morgan fingerprint density at radius 3 is 2.43 bits per heavy atom. The van der Waals surface area contributed by atoms with E-state index in [4.69, 9.17) is 0 Å². The molecule has 3 nitrogen and oxygen atoms in total. The zero-order chi connectivity index (χ0) is 19.5. The number of nitrogens with one attached hydrogen (secondary N) is 1. The third-order valence-corrected chi connectivity index (χ3v) is 6.09. The normalized spacial score (nSPS) is 24.2. The van der Waals surface area contributed by atoms with Crippen molar-refractivity contribution in [1.29, 1.82) is 0 Å². The lowest BCUT2D eigenvalue weighted by Gasteiger charge is -2.40. The highest BCUT2D eigenvalue weighted by molar-refractivity contribution is 5.77. The largest absolute Gasteiger partial charge is 0.337 e. The molecule has 2 aromatic carbocycles. The molecule has 2 heterocycles. The highest BCUT2D eigenvalue weighted by Gasteiger charge is 2.43. The second-order valence-corrected chi connectivity index (χ2v) is 7.87.